The summed E-state index contributed by atoms with van der Waals surface area (Å²) in [5, 5.41) is 14.0. The first-order valence-corrected chi connectivity index (χ1v) is 5.96. The lowest BCUT2D eigenvalue weighted by atomic mass is 10.1. The summed E-state index contributed by atoms with van der Waals surface area (Å²) in [6.45, 7) is 3.93. The molecule has 4 nitrogen and oxygen atoms in total. The fraction of sp³-hybridized carbons (Fsp3) is 0.231. The molecule has 0 atom stereocenters. The molecule has 0 spiro atoms. The number of halogens is 1. The van der Waals surface area contributed by atoms with Gasteiger partial charge >= 0.3 is 5.97 Å². The zero-order valence-corrected chi connectivity index (χ0v) is 10.8. The number of benzene rings is 1. The van der Waals surface area contributed by atoms with Crippen molar-refractivity contribution < 1.29 is 9.90 Å². The van der Waals surface area contributed by atoms with Gasteiger partial charge in [0.2, 0.25) is 0 Å². The Morgan fingerprint density at radius 1 is 1.39 bits per heavy atom. The smallest absolute Gasteiger partial charge is 0.354 e. The molecule has 0 fully saturated rings. The van der Waals surface area contributed by atoms with E-state index in [-0.39, 0.29) is 11.6 Å². The molecule has 0 aliphatic carbocycles. The summed E-state index contributed by atoms with van der Waals surface area (Å²) in [5.74, 6) is -0.860. The van der Waals surface area contributed by atoms with Gasteiger partial charge < -0.3 is 5.11 Å². The molecule has 5 heteroatoms. The third-order valence-corrected chi connectivity index (χ3v) is 2.94. The fourth-order valence-electron chi connectivity index (χ4n) is 1.64. The summed E-state index contributed by atoms with van der Waals surface area (Å²) < 4.78 is 1.38. The summed E-state index contributed by atoms with van der Waals surface area (Å²) in [6.07, 6.45) is 0. The van der Waals surface area contributed by atoms with Crippen molar-refractivity contribution in [3.63, 3.8) is 0 Å². The standard InChI is InChI=1S/C13H13ClN2O2/c1-8(2)10-7-12(13(17)18)16(15-10)11-6-4-3-5-9(11)14/h3-8H,1-2H3,(H,17,18). The van der Waals surface area contributed by atoms with Crippen molar-refractivity contribution in [2.45, 2.75) is 19.8 Å². The van der Waals surface area contributed by atoms with E-state index in [0.717, 1.165) is 5.69 Å². The van der Waals surface area contributed by atoms with Crippen molar-refractivity contribution in [1.29, 1.82) is 0 Å². The van der Waals surface area contributed by atoms with E-state index in [1.807, 2.05) is 13.8 Å². The van der Waals surface area contributed by atoms with Gasteiger partial charge in [0.1, 0.15) is 0 Å². The van der Waals surface area contributed by atoms with Crippen LogP contribution in [0, 0.1) is 0 Å². The molecule has 0 aliphatic heterocycles. The van der Waals surface area contributed by atoms with Gasteiger partial charge in [-0.2, -0.15) is 5.10 Å². The Kier molecular flexibility index (Phi) is 3.39. The van der Waals surface area contributed by atoms with Crippen LogP contribution in [0.4, 0.5) is 0 Å². The predicted octanol–water partition coefficient (Wildman–Crippen LogP) is 3.35. The van der Waals surface area contributed by atoms with E-state index in [9.17, 15) is 9.90 Å². The lowest BCUT2D eigenvalue weighted by Gasteiger charge is -2.06. The maximum Gasteiger partial charge on any atom is 0.354 e. The Hall–Kier alpha value is -1.81. The summed E-state index contributed by atoms with van der Waals surface area (Å²) in [7, 11) is 0. The topological polar surface area (TPSA) is 55.1 Å². The van der Waals surface area contributed by atoms with E-state index >= 15 is 0 Å². The van der Waals surface area contributed by atoms with E-state index in [0.29, 0.717) is 10.7 Å². The Morgan fingerprint density at radius 2 is 2.06 bits per heavy atom. The van der Waals surface area contributed by atoms with Gasteiger partial charge in [-0.15, -0.1) is 0 Å². The minimum atomic E-state index is -1.02. The van der Waals surface area contributed by atoms with Crippen molar-refractivity contribution in [1.82, 2.24) is 9.78 Å². The van der Waals surface area contributed by atoms with Crippen molar-refractivity contribution in [3.8, 4) is 5.69 Å². The van der Waals surface area contributed by atoms with Gasteiger partial charge in [-0.3, -0.25) is 0 Å². The highest BCUT2D eigenvalue weighted by atomic mass is 35.5. The molecule has 0 unspecified atom stereocenters. The van der Waals surface area contributed by atoms with Crippen molar-refractivity contribution in [2.75, 3.05) is 0 Å². The van der Waals surface area contributed by atoms with Crippen LogP contribution >= 0.6 is 11.6 Å². The monoisotopic (exact) mass is 264 g/mol. The molecular formula is C13H13ClN2O2. The second kappa shape index (κ2) is 4.82. The quantitative estimate of drug-likeness (QED) is 0.925. The molecule has 0 saturated heterocycles. The molecule has 0 aliphatic rings. The molecule has 1 N–H and O–H groups in total. The number of carboxylic acids is 1. The lowest BCUT2D eigenvalue weighted by Crippen LogP contribution is -2.08. The van der Waals surface area contributed by atoms with E-state index in [2.05, 4.69) is 5.10 Å². The number of aromatic carboxylic acids is 1. The maximum absolute atomic E-state index is 11.2. The van der Waals surface area contributed by atoms with E-state index < -0.39 is 5.97 Å². The van der Waals surface area contributed by atoms with Crippen LogP contribution < -0.4 is 0 Å². The van der Waals surface area contributed by atoms with Gasteiger partial charge in [0, 0.05) is 0 Å². The van der Waals surface area contributed by atoms with Crippen LogP contribution in [-0.4, -0.2) is 20.9 Å². The maximum atomic E-state index is 11.2. The number of nitrogens with zero attached hydrogens (tertiary/aromatic N) is 2. The van der Waals surface area contributed by atoms with Gasteiger partial charge in [0.25, 0.3) is 0 Å². The van der Waals surface area contributed by atoms with Crippen LogP contribution in [0.3, 0.4) is 0 Å². The highest BCUT2D eigenvalue weighted by Gasteiger charge is 2.18. The summed E-state index contributed by atoms with van der Waals surface area (Å²) >= 11 is 6.07. The van der Waals surface area contributed by atoms with Crippen molar-refractivity contribution in [3.05, 3.63) is 46.7 Å². The SMILES string of the molecule is CC(C)c1cc(C(=O)O)n(-c2ccccc2Cl)n1. The van der Waals surface area contributed by atoms with Crippen LogP contribution in [0.2, 0.25) is 5.02 Å². The molecule has 94 valence electrons. The highest BCUT2D eigenvalue weighted by Crippen LogP contribution is 2.23. The Balaban J connectivity index is 2.63. The molecule has 18 heavy (non-hydrogen) atoms. The largest absolute Gasteiger partial charge is 0.477 e. The Labute approximate surface area is 110 Å². The van der Waals surface area contributed by atoms with Crippen LogP contribution in [0.1, 0.15) is 35.9 Å². The summed E-state index contributed by atoms with van der Waals surface area (Å²) in [5.41, 5.74) is 1.42. The van der Waals surface area contributed by atoms with Crippen LogP contribution in [0.5, 0.6) is 0 Å². The molecule has 2 rings (SSSR count). The van der Waals surface area contributed by atoms with Crippen LogP contribution in [-0.2, 0) is 0 Å². The number of para-hydroxylation sites is 1. The van der Waals surface area contributed by atoms with E-state index in [1.165, 1.54) is 4.68 Å². The molecule has 0 radical (unpaired) electrons. The van der Waals surface area contributed by atoms with E-state index in [1.54, 1.807) is 30.3 Å². The first kappa shape index (κ1) is 12.6. The van der Waals surface area contributed by atoms with E-state index in [4.69, 9.17) is 11.6 Å². The van der Waals surface area contributed by atoms with Gasteiger partial charge in [-0.1, -0.05) is 37.6 Å². The predicted molar refractivity (Wildman–Crippen MR) is 69.6 cm³/mol. The number of rotatable bonds is 3. The first-order chi connectivity index (χ1) is 8.50. The molecule has 0 amide bonds. The fourth-order valence-corrected chi connectivity index (χ4v) is 1.86. The lowest BCUT2D eigenvalue weighted by molar-refractivity contribution is 0.0687. The summed E-state index contributed by atoms with van der Waals surface area (Å²) in [4.78, 5) is 11.2. The molecule has 0 saturated carbocycles. The molecule has 2 aromatic rings. The number of carbonyl (C=O) groups is 1. The first-order valence-electron chi connectivity index (χ1n) is 5.59. The second-order valence-corrected chi connectivity index (χ2v) is 4.68. The molecule has 0 bridgehead atoms. The average Bonchev–Trinajstić information content (AvgIpc) is 2.74. The second-order valence-electron chi connectivity index (χ2n) is 4.28. The summed E-state index contributed by atoms with van der Waals surface area (Å²) in [6, 6.07) is 8.62. The third-order valence-electron chi connectivity index (χ3n) is 2.62. The van der Waals surface area contributed by atoms with Crippen molar-refractivity contribution >= 4 is 17.6 Å². The highest BCUT2D eigenvalue weighted by molar-refractivity contribution is 6.32. The zero-order chi connectivity index (χ0) is 13.3. The average molecular weight is 265 g/mol. The van der Waals surface area contributed by atoms with Gasteiger partial charge in [-0.25, -0.2) is 9.48 Å². The Bertz CT molecular complexity index is 590. The van der Waals surface area contributed by atoms with Gasteiger partial charge in [0.05, 0.1) is 16.4 Å². The number of hydrogen-bond acceptors (Lipinski definition) is 2. The molecular weight excluding hydrogens is 252 g/mol. The minimum Gasteiger partial charge on any atom is -0.477 e. The van der Waals surface area contributed by atoms with Crippen molar-refractivity contribution in [2.24, 2.45) is 0 Å². The molecule has 1 heterocycles. The van der Waals surface area contributed by atoms with Gasteiger partial charge in [0.15, 0.2) is 5.69 Å². The van der Waals surface area contributed by atoms with Crippen LogP contribution in [0.15, 0.2) is 30.3 Å². The number of hydrogen-bond donors (Lipinski definition) is 1. The molecule has 1 aromatic heterocycles. The number of aromatic nitrogens is 2. The molecule has 1 aromatic carbocycles. The Morgan fingerprint density at radius 3 is 2.61 bits per heavy atom. The normalized spacial score (nSPS) is 10.9. The third kappa shape index (κ3) is 2.24. The van der Waals surface area contributed by atoms with Crippen LogP contribution in [0.25, 0.3) is 5.69 Å². The zero-order valence-electron chi connectivity index (χ0n) is 10.1. The minimum absolute atomic E-state index is 0.117. The van der Waals surface area contributed by atoms with Gasteiger partial charge in [-0.05, 0) is 24.1 Å². The number of carboxylic acid groups (broad SMARTS) is 1.